The summed E-state index contributed by atoms with van der Waals surface area (Å²) in [5.74, 6) is 0.938. The van der Waals surface area contributed by atoms with Gasteiger partial charge in [0.1, 0.15) is 11.1 Å². The fraction of sp³-hybridized carbons (Fsp3) is 0.556. The molecule has 0 spiro atoms. The number of anilines is 1. The number of halogens is 1. The molecule has 0 amide bonds. The summed E-state index contributed by atoms with van der Waals surface area (Å²) in [5, 5.41) is 3.41. The maximum atomic E-state index is 5.90. The lowest BCUT2D eigenvalue weighted by atomic mass is 10.3. The van der Waals surface area contributed by atoms with E-state index in [1.165, 1.54) is 6.20 Å². The summed E-state index contributed by atoms with van der Waals surface area (Å²) in [6.45, 7) is 3.92. The molecule has 1 aliphatic heterocycles. The molecule has 0 radical (unpaired) electrons. The maximum Gasteiger partial charge on any atom is 0.237 e. The number of rotatable bonds is 4. The summed E-state index contributed by atoms with van der Waals surface area (Å²) in [6, 6.07) is 0. The van der Waals surface area contributed by atoms with Gasteiger partial charge >= 0.3 is 0 Å². The minimum atomic E-state index is 0.0619. The van der Waals surface area contributed by atoms with Crippen molar-refractivity contribution in [3.05, 3.63) is 11.2 Å². The molecule has 1 fully saturated rings. The number of hydrogen-bond donors (Lipinski definition) is 1. The Morgan fingerprint density at radius 1 is 1.67 bits per heavy atom. The number of hydrogen-bond acceptors (Lipinski definition) is 5. The average Bonchev–Trinajstić information content (AvgIpc) is 2.16. The molecule has 1 saturated heterocycles. The molecule has 1 N–H and O–H groups in total. The molecule has 0 unspecified atom stereocenters. The monoisotopic (exact) mass is 229 g/mol. The lowest BCUT2D eigenvalue weighted by Gasteiger charge is -2.26. The molecule has 0 aromatic carbocycles. The molecule has 0 saturated carbocycles. The molecule has 1 aliphatic rings. The number of aromatic nitrogens is 2. The van der Waals surface area contributed by atoms with Crippen molar-refractivity contribution in [2.24, 2.45) is 0 Å². The van der Waals surface area contributed by atoms with Crippen molar-refractivity contribution in [1.82, 2.24) is 9.97 Å². The first-order chi connectivity index (χ1) is 7.29. The smallest absolute Gasteiger partial charge is 0.237 e. The van der Waals surface area contributed by atoms with Crippen molar-refractivity contribution >= 4 is 17.5 Å². The fourth-order valence-corrected chi connectivity index (χ4v) is 1.25. The molecule has 0 atom stereocenters. The van der Waals surface area contributed by atoms with E-state index in [2.05, 4.69) is 15.3 Å². The van der Waals surface area contributed by atoms with Crippen LogP contribution in [0, 0.1) is 0 Å². The minimum Gasteiger partial charge on any atom is -0.468 e. The highest BCUT2D eigenvalue weighted by Crippen LogP contribution is 2.24. The van der Waals surface area contributed by atoms with Gasteiger partial charge in [-0.3, -0.25) is 0 Å². The molecule has 0 aliphatic carbocycles. The summed E-state index contributed by atoms with van der Waals surface area (Å²) in [6.07, 6.45) is 1.59. The van der Waals surface area contributed by atoms with E-state index >= 15 is 0 Å². The number of nitrogens with one attached hydrogen (secondary N) is 1. The predicted octanol–water partition coefficient (Wildman–Crippen LogP) is 1.34. The Bertz CT molecular complexity index is 344. The molecule has 0 bridgehead atoms. The molecule has 1 aromatic heterocycles. The molecular weight excluding hydrogens is 218 g/mol. The van der Waals surface area contributed by atoms with Crippen LogP contribution in [0.15, 0.2) is 6.20 Å². The van der Waals surface area contributed by atoms with Crippen molar-refractivity contribution in [3.8, 4) is 5.88 Å². The van der Waals surface area contributed by atoms with Gasteiger partial charge in [-0.1, -0.05) is 11.6 Å². The highest BCUT2D eigenvalue weighted by molar-refractivity contribution is 6.31. The highest BCUT2D eigenvalue weighted by atomic mass is 35.5. The summed E-state index contributed by atoms with van der Waals surface area (Å²) >= 11 is 5.90. The van der Waals surface area contributed by atoms with Crippen LogP contribution < -0.4 is 10.1 Å². The van der Waals surface area contributed by atoms with Crippen LogP contribution in [-0.4, -0.2) is 35.8 Å². The van der Waals surface area contributed by atoms with Gasteiger partial charge in [0.05, 0.1) is 19.4 Å². The van der Waals surface area contributed by atoms with Gasteiger partial charge in [0.15, 0.2) is 0 Å². The molecule has 5 nitrogen and oxygen atoms in total. The first kappa shape index (κ1) is 10.4. The largest absolute Gasteiger partial charge is 0.468 e. The second kappa shape index (κ2) is 4.63. The van der Waals surface area contributed by atoms with Crippen LogP contribution >= 0.6 is 11.6 Å². The van der Waals surface area contributed by atoms with E-state index in [4.69, 9.17) is 21.1 Å². The van der Waals surface area contributed by atoms with Crippen LogP contribution in [0.3, 0.4) is 0 Å². The van der Waals surface area contributed by atoms with E-state index in [1.54, 1.807) is 0 Å². The van der Waals surface area contributed by atoms with Gasteiger partial charge in [0.2, 0.25) is 11.8 Å². The van der Waals surface area contributed by atoms with Crippen molar-refractivity contribution in [1.29, 1.82) is 0 Å². The van der Waals surface area contributed by atoms with Crippen LogP contribution in [0.1, 0.15) is 6.92 Å². The Hall–Kier alpha value is -1.07. The van der Waals surface area contributed by atoms with Gasteiger partial charge in [-0.25, -0.2) is 4.98 Å². The standard InChI is InChI=1S/C9H12ClN3O2/c1-2-11-9-12-3-7(10)8(13-9)15-6-4-14-5-6/h3,6H,2,4-5H2,1H3,(H,11,12,13). The Morgan fingerprint density at radius 2 is 2.47 bits per heavy atom. The molecule has 6 heteroatoms. The van der Waals surface area contributed by atoms with Crippen molar-refractivity contribution < 1.29 is 9.47 Å². The third-order valence-corrected chi connectivity index (χ3v) is 2.19. The van der Waals surface area contributed by atoms with E-state index < -0.39 is 0 Å². The van der Waals surface area contributed by atoms with Crippen molar-refractivity contribution in [2.45, 2.75) is 13.0 Å². The fourth-order valence-electron chi connectivity index (χ4n) is 1.12. The van der Waals surface area contributed by atoms with Gasteiger partial charge in [-0.05, 0) is 6.92 Å². The second-order valence-electron chi connectivity index (χ2n) is 3.15. The van der Waals surface area contributed by atoms with Gasteiger partial charge in [0, 0.05) is 6.54 Å². The minimum absolute atomic E-state index is 0.0619. The second-order valence-corrected chi connectivity index (χ2v) is 3.56. The molecular formula is C9H12ClN3O2. The first-order valence-corrected chi connectivity index (χ1v) is 5.18. The topological polar surface area (TPSA) is 56.3 Å². The Kier molecular flexibility index (Phi) is 3.23. The lowest BCUT2D eigenvalue weighted by molar-refractivity contribution is -0.0812. The Morgan fingerprint density at radius 3 is 3.07 bits per heavy atom. The number of nitrogens with zero attached hydrogens (tertiary/aromatic N) is 2. The first-order valence-electron chi connectivity index (χ1n) is 4.80. The van der Waals surface area contributed by atoms with E-state index in [0.717, 1.165) is 6.54 Å². The van der Waals surface area contributed by atoms with Crippen LogP contribution in [0.5, 0.6) is 5.88 Å². The maximum absolute atomic E-state index is 5.90. The molecule has 2 heterocycles. The molecule has 1 aromatic rings. The Labute approximate surface area is 92.8 Å². The van der Waals surface area contributed by atoms with Crippen molar-refractivity contribution in [2.75, 3.05) is 25.1 Å². The summed E-state index contributed by atoms with van der Waals surface area (Å²) in [5.41, 5.74) is 0. The van der Waals surface area contributed by atoms with Crippen LogP contribution in [0.25, 0.3) is 0 Å². The molecule has 15 heavy (non-hydrogen) atoms. The molecule has 82 valence electrons. The Balaban J connectivity index is 2.08. The zero-order valence-corrected chi connectivity index (χ0v) is 9.12. The van der Waals surface area contributed by atoms with E-state index in [1.807, 2.05) is 6.92 Å². The third-order valence-electron chi connectivity index (χ3n) is 1.93. The van der Waals surface area contributed by atoms with E-state index in [9.17, 15) is 0 Å². The van der Waals surface area contributed by atoms with Crippen molar-refractivity contribution in [3.63, 3.8) is 0 Å². The highest BCUT2D eigenvalue weighted by Gasteiger charge is 2.22. The summed E-state index contributed by atoms with van der Waals surface area (Å²) in [4.78, 5) is 8.17. The summed E-state index contributed by atoms with van der Waals surface area (Å²) in [7, 11) is 0. The zero-order valence-electron chi connectivity index (χ0n) is 8.36. The van der Waals surface area contributed by atoms with Gasteiger partial charge < -0.3 is 14.8 Å². The normalized spacial score (nSPS) is 15.9. The van der Waals surface area contributed by atoms with Crippen LogP contribution in [-0.2, 0) is 4.74 Å². The van der Waals surface area contributed by atoms with E-state index in [0.29, 0.717) is 30.1 Å². The molecule has 2 rings (SSSR count). The quantitative estimate of drug-likeness (QED) is 0.845. The van der Waals surface area contributed by atoms with Crippen LogP contribution in [0.2, 0.25) is 5.02 Å². The predicted molar refractivity (Wildman–Crippen MR) is 56.4 cm³/mol. The van der Waals surface area contributed by atoms with E-state index in [-0.39, 0.29) is 6.10 Å². The SMILES string of the molecule is CCNc1ncc(Cl)c(OC2COC2)n1. The van der Waals surface area contributed by atoms with Crippen LogP contribution in [0.4, 0.5) is 5.95 Å². The average molecular weight is 230 g/mol. The summed E-state index contributed by atoms with van der Waals surface area (Å²) < 4.78 is 10.5. The number of ether oxygens (including phenoxy) is 2. The van der Waals surface area contributed by atoms with Gasteiger partial charge in [-0.15, -0.1) is 0 Å². The zero-order chi connectivity index (χ0) is 10.7. The van der Waals surface area contributed by atoms with Gasteiger partial charge in [-0.2, -0.15) is 4.98 Å². The third kappa shape index (κ3) is 2.49. The van der Waals surface area contributed by atoms with Gasteiger partial charge in [0.25, 0.3) is 0 Å². The lowest BCUT2D eigenvalue weighted by Crippen LogP contribution is -2.38.